The van der Waals surface area contributed by atoms with Gasteiger partial charge in [0.25, 0.3) is 0 Å². The van der Waals surface area contributed by atoms with E-state index in [-0.39, 0.29) is 18.2 Å². The lowest BCUT2D eigenvalue weighted by atomic mass is 10.2. The van der Waals surface area contributed by atoms with E-state index in [1.807, 2.05) is 18.6 Å². The van der Waals surface area contributed by atoms with E-state index in [9.17, 15) is 13.2 Å². The van der Waals surface area contributed by atoms with Crippen molar-refractivity contribution in [3.8, 4) is 0 Å². The second-order valence-corrected chi connectivity index (χ2v) is 4.23. The molecule has 0 rings (SSSR count). The average molecular weight is 207 g/mol. The van der Waals surface area contributed by atoms with Crippen LogP contribution in [0.3, 0.4) is 0 Å². The molecule has 5 nitrogen and oxygen atoms in total. The molecule has 0 aromatic carbocycles. The quantitative estimate of drug-likeness (QED) is 0.499. The largest absolute Gasteiger partial charge is 0.360 e. The number of rotatable bonds is 6. The van der Waals surface area contributed by atoms with Crippen molar-refractivity contribution in [3.63, 3.8) is 0 Å². The van der Waals surface area contributed by atoms with Gasteiger partial charge in [0.2, 0.25) is 0 Å². The predicted octanol–water partition coefficient (Wildman–Crippen LogP) is 0.206. The first kappa shape index (κ1) is 12.1. The van der Waals surface area contributed by atoms with Crippen LogP contribution in [-0.4, -0.2) is 21.3 Å². The van der Waals surface area contributed by atoms with Gasteiger partial charge in [-0.25, -0.2) is 0 Å². The van der Waals surface area contributed by atoms with Crippen molar-refractivity contribution in [2.24, 2.45) is 5.92 Å². The summed E-state index contributed by atoms with van der Waals surface area (Å²) >= 11 is 0. The van der Waals surface area contributed by atoms with Crippen LogP contribution >= 0.6 is 0 Å². The fraction of sp³-hybridized carbons (Fsp3) is 0.571. The van der Waals surface area contributed by atoms with Crippen LogP contribution in [0.15, 0.2) is 12.3 Å². The molecule has 0 saturated heterocycles. The second kappa shape index (κ2) is 4.98. The summed E-state index contributed by atoms with van der Waals surface area (Å²) in [6, 6.07) is 0. The van der Waals surface area contributed by atoms with Crippen molar-refractivity contribution in [2.75, 3.05) is 6.61 Å². The third-order valence-electron chi connectivity index (χ3n) is 0.955. The summed E-state index contributed by atoms with van der Waals surface area (Å²) in [6.07, 6.45) is 0.302. The minimum Gasteiger partial charge on any atom is -0.296 e. The molecule has 0 aliphatic rings. The van der Waals surface area contributed by atoms with Gasteiger partial charge in [-0.3, -0.25) is 13.7 Å². The lowest BCUT2D eigenvalue weighted by Gasteiger charge is -2.08. The van der Waals surface area contributed by atoms with Crippen molar-refractivity contribution in [3.05, 3.63) is 12.3 Å². The molecule has 0 bridgehead atoms. The fourth-order valence-corrected chi connectivity index (χ4v) is 1.32. The highest BCUT2D eigenvalue weighted by Gasteiger charge is 2.11. The minimum absolute atomic E-state index is 0.0709. The minimum atomic E-state index is -3.87. The van der Waals surface area contributed by atoms with Gasteiger partial charge < -0.3 is 0 Å². The first-order valence-electron chi connectivity index (χ1n) is 3.68. The Kier molecular flexibility index (Phi) is 4.64. The van der Waals surface area contributed by atoms with Crippen LogP contribution in [0.4, 0.5) is 0 Å². The van der Waals surface area contributed by atoms with E-state index in [0.717, 1.165) is 0 Å². The number of aldehydes is 1. The van der Waals surface area contributed by atoms with E-state index < -0.39 is 10.3 Å². The molecule has 0 aliphatic heterocycles. The molecule has 1 N–H and O–H groups in total. The van der Waals surface area contributed by atoms with Crippen molar-refractivity contribution < 1.29 is 17.4 Å². The van der Waals surface area contributed by atoms with E-state index >= 15 is 0 Å². The van der Waals surface area contributed by atoms with Crippen LogP contribution in [0.25, 0.3) is 0 Å². The van der Waals surface area contributed by atoms with Crippen LogP contribution in [0, 0.1) is 5.92 Å². The van der Waals surface area contributed by atoms with Gasteiger partial charge in [-0.2, -0.15) is 8.42 Å². The van der Waals surface area contributed by atoms with Gasteiger partial charge in [0, 0.05) is 0 Å². The Hall–Kier alpha value is -0.880. The highest BCUT2D eigenvalue weighted by molar-refractivity contribution is 7.84. The molecule has 0 radical (unpaired) electrons. The van der Waals surface area contributed by atoms with Crippen molar-refractivity contribution in [1.29, 1.82) is 0 Å². The zero-order chi connectivity index (χ0) is 10.5. The van der Waals surface area contributed by atoms with E-state index in [0.29, 0.717) is 6.29 Å². The van der Waals surface area contributed by atoms with Crippen molar-refractivity contribution in [2.45, 2.75) is 13.8 Å². The summed E-state index contributed by atoms with van der Waals surface area (Å²) in [5, 5.41) is 0. The molecule has 0 aromatic heterocycles. The lowest BCUT2D eigenvalue weighted by molar-refractivity contribution is -0.105. The second-order valence-electron chi connectivity index (χ2n) is 2.88. The van der Waals surface area contributed by atoms with Crippen LogP contribution in [-0.2, 0) is 19.3 Å². The Balaban J connectivity index is 4.10. The fourth-order valence-electron chi connectivity index (χ4n) is 0.440. The van der Waals surface area contributed by atoms with Gasteiger partial charge in [0.1, 0.15) is 0 Å². The first-order chi connectivity index (χ1) is 5.87. The predicted molar refractivity (Wildman–Crippen MR) is 48.0 cm³/mol. The smallest absolute Gasteiger partial charge is 0.296 e. The van der Waals surface area contributed by atoms with Crippen LogP contribution in [0.2, 0.25) is 0 Å². The Morgan fingerprint density at radius 2 is 2.15 bits per heavy atom. The van der Waals surface area contributed by atoms with Crippen molar-refractivity contribution >= 4 is 16.6 Å². The molecular formula is C7H13NO4S. The van der Waals surface area contributed by atoms with E-state index in [4.69, 9.17) is 0 Å². The van der Waals surface area contributed by atoms with E-state index in [2.05, 4.69) is 10.8 Å². The molecule has 0 heterocycles. The van der Waals surface area contributed by atoms with Crippen LogP contribution in [0.5, 0.6) is 0 Å². The highest BCUT2D eigenvalue weighted by atomic mass is 32.2. The number of nitrogens with one attached hydrogen (secondary N) is 1. The summed E-state index contributed by atoms with van der Waals surface area (Å²) in [5.74, 6) is 0.0982. The van der Waals surface area contributed by atoms with Crippen LogP contribution < -0.4 is 4.72 Å². The van der Waals surface area contributed by atoms with E-state index in [1.54, 1.807) is 0 Å². The van der Waals surface area contributed by atoms with Gasteiger partial charge >= 0.3 is 10.3 Å². The number of carbonyl (C=O) groups excluding carboxylic acids is 1. The third-order valence-corrected chi connectivity index (χ3v) is 1.91. The maximum atomic E-state index is 11.0. The number of hydrogen-bond donors (Lipinski definition) is 1. The summed E-state index contributed by atoms with van der Waals surface area (Å²) < 4.78 is 28.3. The number of hydrogen-bond acceptors (Lipinski definition) is 4. The zero-order valence-corrected chi connectivity index (χ0v) is 8.43. The lowest BCUT2D eigenvalue weighted by Crippen LogP contribution is -2.26. The molecule has 76 valence electrons. The molecule has 0 aromatic rings. The zero-order valence-electron chi connectivity index (χ0n) is 7.61. The molecule has 0 atom stereocenters. The molecular weight excluding hydrogens is 194 g/mol. The first-order valence-corrected chi connectivity index (χ1v) is 5.09. The number of allylic oxidation sites excluding steroid dienone is 1. The molecule has 0 saturated carbocycles. The van der Waals surface area contributed by atoms with Crippen LogP contribution in [0.1, 0.15) is 13.8 Å². The highest BCUT2D eigenvalue weighted by Crippen LogP contribution is 1.97. The van der Waals surface area contributed by atoms with Gasteiger partial charge in [0.05, 0.1) is 12.3 Å². The molecule has 0 fully saturated rings. The Bertz CT molecular complexity index is 281. The standard InChI is InChI=1S/C7H13NO4S/c1-6(2)5-12-13(10,11)8-7(3)4-9/h4,6,8H,3,5H2,1-2H3. The van der Waals surface area contributed by atoms with Gasteiger partial charge in [-0.15, -0.1) is 0 Å². The Morgan fingerprint density at radius 3 is 2.54 bits per heavy atom. The molecule has 0 spiro atoms. The Labute approximate surface area is 78.0 Å². The molecule has 13 heavy (non-hydrogen) atoms. The SMILES string of the molecule is C=C(C=O)NS(=O)(=O)OCC(C)C. The summed E-state index contributed by atoms with van der Waals surface area (Å²) in [4.78, 5) is 10.0. The summed E-state index contributed by atoms with van der Waals surface area (Å²) in [6.45, 7) is 6.84. The molecule has 0 unspecified atom stereocenters. The van der Waals surface area contributed by atoms with E-state index in [1.165, 1.54) is 0 Å². The summed E-state index contributed by atoms with van der Waals surface area (Å²) in [7, 11) is -3.87. The number of carbonyl (C=O) groups is 1. The maximum Gasteiger partial charge on any atom is 0.360 e. The molecule has 0 aliphatic carbocycles. The molecule has 6 heteroatoms. The normalized spacial score (nSPS) is 11.3. The third kappa shape index (κ3) is 6.30. The Morgan fingerprint density at radius 1 is 1.62 bits per heavy atom. The van der Waals surface area contributed by atoms with Gasteiger partial charge in [-0.05, 0) is 5.92 Å². The maximum absolute atomic E-state index is 11.0. The molecule has 0 amide bonds. The monoisotopic (exact) mass is 207 g/mol. The summed E-state index contributed by atoms with van der Waals surface area (Å²) in [5.41, 5.74) is -0.247. The average Bonchev–Trinajstić information content (AvgIpc) is 2.00. The topological polar surface area (TPSA) is 72.5 Å². The van der Waals surface area contributed by atoms with Gasteiger partial charge in [0.15, 0.2) is 6.29 Å². The van der Waals surface area contributed by atoms with Gasteiger partial charge in [-0.1, -0.05) is 20.4 Å². The van der Waals surface area contributed by atoms with Crippen molar-refractivity contribution in [1.82, 2.24) is 4.72 Å².